The first-order chi connectivity index (χ1) is 7.90. The molecule has 0 aromatic heterocycles. The molecule has 0 unspecified atom stereocenters. The highest BCUT2D eigenvalue weighted by Gasteiger charge is 2.11. The quantitative estimate of drug-likeness (QED) is 0.722. The van der Waals surface area contributed by atoms with Crippen LogP contribution in [0.25, 0.3) is 0 Å². The van der Waals surface area contributed by atoms with Gasteiger partial charge in [0.1, 0.15) is 6.29 Å². The van der Waals surface area contributed by atoms with Crippen LogP contribution < -0.4 is 0 Å². The molecule has 0 N–H and O–H groups in total. The number of likely N-dealkylation sites (tertiary alicyclic amines) is 1. The largest absolute Gasteiger partial charge is 0.303 e. The summed E-state index contributed by atoms with van der Waals surface area (Å²) in [5.74, 6) is 0. The van der Waals surface area contributed by atoms with E-state index in [4.69, 9.17) is 0 Å². The highest BCUT2D eigenvalue weighted by Crippen LogP contribution is 2.16. The normalized spacial score (nSPS) is 17.2. The number of piperidine rings is 1. The van der Waals surface area contributed by atoms with Gasteiger partial charge in [0.2, 0.25) is 0 Å². The van der Waals surface area contributed by atoms with Gasteiger partial charge in [0.05, 0.1) is 0 Å². The van der Waals surface area contributed by atoms with E-state index >= 15 is 0 Å². The average molecular weight is 217 g/mol. The van der Waals surface area contributed by atoms with Crippen molar-refractivity contribution in [3.63, 3.8) is 0 Å². The lowest BCUT2D eigenvalue weighted by atomic mass is 10.0. The number of aldehydes is 1. The van der Waals surface area contributed by atoms with Crippen LogP contribution in [0.5, 0.6) is 0 Å². The van der Waals surface area contributed by atoms with Gasteiger partial charge in [-0.05, 0) is 37.1 Å². The van der Waals surface area contributed by atoms with Gasteiger partial charge in [-0.3, -0.25) is 4.90 Å². The number of benzene rings is 1. The highest BCUT2D eigenvalue weighted by atomic mass is 16.1. The zero-order chi connectivity index (χ0) is 11.2. The molecule has 86 valence electrons. The van der Waals surface area contributed by atoms with E-state index < -0.39 is 0 Å². The summed E-state index contributed by atoms with van der Waals surface area (Å²) < 4.78 is 0. The summed E-state index contributed by atoms with van der Waals surface area (Å²) >= 11 is 0. The maximum absolute atomic E-state index is 10.6. The van der Waals surface area contributed by atoms with Gasteiger partial charge in [0.25, 0.3) is 0 Å². The molecule has 0 bridgehead atoms. The molecule has 1 fully saturated rings. The molecule has 0 aliphatic carbocycles. The summed E-state index contributed by atoms with van der Waals surface area (Å²) in [6.45, 7) is 3.41. The van der Waals surface area contributed by atoms with Crippen LogP contribution in [0.3, 0.4) is 0 Å². The average Bonchev–Trinajstić information content (AvgIpc) is 2.33. The molecule has 1 heterocycles. The van der Waals surface area contributed by atoms with Crippen molar-refractivity contribution in [2.75, 3.05) is 13.1 Å². The first-order valence-corrected chi connectivity index (χ1v) is 6.13. The summed E-state index contributed by atoms with van der Waals surface area (Å²) in [5.41, 5.74) is 2.50. The van der Waals surface area contributed by atoms with Gasteiger partial charge in [-0.1, -0.05) is 30.7 Å². The van der Waals surface area contributed by atoms with Crippen LogP contribution in [-0.2, 0) is 17.8 Å². The molecule has 0 amide bonds. The number of carbonyl (C=O) groups is 1. The predicted octanol–water partition coefficient (Wildman–Crippen LogP) is 2.41. The van der Waals surface area contributed by atoms with E-state index in [0.29, 0.717) is 6.42 Å². The van der Waals surface area contributed by atoms with Crippen molar-refractivity contribution in [2.24, 2.45) is 0 Å². The van der Waals surface area contributed by atoms with Crippen LogP contribution >= 0.6 is 0 Å². The zero-order valence-corrected chi connectivity index (χ0v) is 9.69. The summed E-state index contributed by atoms with van der Waals surface area (Å²) in [5, 5.41) is 0. The molecule has 0 atom stereocenters. The van der Waals surface area contributed by atoms with Crippen LogP contribution in [0.2, 0.25) is 0 Å². The second kappa shape index (κ2) is 5.80. The minimum Gasteiger partial charge on any atom is -0.303 e. The SMILES string of the molecule is O=CCc1ccccc1CN1CCCCC1. The van der Waals surface area contributed by atoms with Crippen molar-refractivity contribution in [1.29, 1.82) is 0 Å². The molecule has 1 aliphatic rings. The Balaban J connectivity index is 2.04. The molecule has 1 aromatic rings. The molecule has 0 radical (unpaired) electrons. The van der Waals surface area contributed by atoms with E-state index in [1.165, 1.54) is 43.5 Å². The number of nitrogens with zero attached hydrogens (tertiary/aromatic N) is 1. The Morgan fingerprint density at radius 3 is 2.44 bits per heavy atom. The summed E-state index contributed by atoms with van der Waals surface area (Å²) in [6, 6.07) is 8.28. The van der Waals surface area contributed by atoms with Gasteiger partial charge in [0.15, 0.2) is 0 Å². The van der Waals surface area contributed by atoms with E-state index in [1.807, 2.05) is 6.07 Å². The van der Waals surface area contributed by atoms with Crippen LogP contribution in [0.1, 0.15) is 30.4 Å². The smallest absolute Gasteiger partial charge is 0.124 e. The van der Waals surface area contributed by atoms with Crippen LogP contribution in [0, 0.1) is 0 Å². The Bertz CT molecular complexity index is 342. The standard InChI is InChI=1S/C14H19NO/c16-11-8-13-6-2-3-7-14(13)12-15-9-4-1-5-10-15/h2-3,6-7,11H,1,4-5,8-10,12H2. The number of hydrogen-bond donors (Lipinski definition) is 0. The third-order valence-corrected chi connectivity index (χ3v) is 3.26. The molecule has 0 spiro atoms. The fraction of sp³-hybridized carbons (Fsp3) is 0.500. The van der Waals surface area contributed by atoms with Crippen molar-refractivity contribution in [3.05, 3.63) is 35.4 Å². The first kappa shape index (κ1) is 11.3. The Hall–Kier alpha value is -1.15. The molecule has 1 saturated heterocycles. The van der Waals surface area contributed by atoms with Crippen LogP contribution in [0.15, 0.2) is 24.3 Å². The summed E-state index contributed by atoms with van der Waals surface area (Å²) in [4.78, 5) is 13.1. The lowest BCUT2D eigenvalue weighted by Crippen LogP contribution is -2.29. The molecule has 2 heteroatoms. The molecule has 1 aliphatic heterocycles. The third kappa shape index (κ3) is 2.92. The van der Waals surface area contributed by atoms with E-state index in [0.717, 1.165) is 12.8 Å². The van der Waals surface area contributed by atoms with Gasteiger partial charge < -0.3 is 4.79 Å². The fourth-order valence-corrected chi connectivity index (χ4v) is 2.36. The van der Waals surface area contributed by atoms with Gasteiger partial charge in [-0.2, -0.15) is 0 Å². The van der Waals surface area contributed by atoms with Crippen molar-refractivity contribution in [1.82, 2.24) is 4.90 Å². The predicted molar refractivity (Wildman–Crippen MR) is 65.3 cm³/mol. The first-order valence-electron chi connectivity index (χ1n) is 6.13. The van der Waals surface area contributed by atoms with E-state index in [9.17, 15) is 4.79 Å². The Labute approximate surface area is 97.3 Å². The minimum atomic E-state index is 0.546. The molecule has 2 nitrogen and oxygen atoms in total. The second-order valence-corrected chi connectivity index (χ2v) is 4.48. The van der Waals surface area contributed by atoms with E-state index in [-0.39, 0.29) is 0 Å². The maximum Gasteiger partial charge on any atom is 0.124 e. The number of hydrogen-bond acceptors (Lipinski definition) is 2. The third-order valence-electron chi connectivity index (χ3n) is 3.26. The molecule has 1 aromatic carbocycles. The van der Waals surface area contributed by atoms with Crippen LogP contribution in [0.4, 0.5) is 0 Å². The summed E-state index contributed by atoms with van der Waals surface area (Å²) in [6.07, 6.45) is 5.54. The van der Waals surface area contributed by atoms with E-state index in [1.54, 1.807) is 0 Å². The number of rotatable bonds is 4. The lowest BCUT2D eigenvalue weighted by molar-refractivity contribution is -0.107. The van der Waals surface area contributed by atoms with Gasteiger partial charge >= 0.3 is 0 Å². The monoisotopic (exact) mass is 217 g/mol. The molecule has 16 heavy (non-hydrogen) atoms. The number of carbonyl (C=O) groups excluding carboxylic acids is 1. The van der Waals surface area contributed by atoms with Crippen molar-refractivity contribution >= 4 is 6.29 Å². The summed E-state index contributed by atoms with van der Waals surface area (Å²) in [7, 11) is 0. The molecule has 0 saturated carbocycles. The Kier molecular flexibility index (Phi) is 4.11. The van der Waals surface area contributed by atoms with Gasteiger partial charge in [-0.15, -0.1) is 0 Å². The van der Waals surface area contributed by atoms with Crippen molar-refractivity contribution in [3.8, 4) is 0 Å². The van der Waals surface area contributed by atoms with Crippen molar-refractivity contribution < 1.29 is 4.79 Å². The van der Waals surface area contributed by atoms with Crippen molar-refractivity contribution in [2.45, 2.75) is 32.2 Å². The maximum atomic E-state index is 10.6. The fourth-order valence-electron chi connectivity index (χ4n) is 2.36. The minimum absolute atomic E-state index is 0.546. The zero-order valence-electron chi connectivity index (χ0n) is 9.69. The van der Waals surface area contributed by atoms with Crippen LogP contribution in [-0.4, -0.2) is 24.3 Å². The molecular weight excluding hydrogens is 198 g/mol. The second-order valence-electron chi connectivity index (χ2n) is 4.48. The Morgan fingerprint density at radius 2 is 1.75 bits per heavy atom. The van der Waals surface area contributed by atoms with Gasteiger partial charge in [-0.25, -0.2) is 0 Å². The molecule has 2 rings (SSSR count). The lowest BCUT2D eigenvalue weighted by Gasteiger charge is -2.27. The highest BCUT2D eigenvalue weighted by molar-refractivity contribution is 5.56. The molecular formula is C14H19NO. The topological polar surface area (TPSA) is 20.3 Å². The Morgan fingerprint density at radius 1 is 1.06 bits per heavy atom. The van der Waals surface area contributed by atoms with Gasteiger partial charge in [0, 0.05) is 13.0 Å². The van der Waals surface area contributed by atoms with E-state index in [2.05, 4.69) is 23.1 Å².